The zero-order valence-electron chi connectivity index (χ0n) is 10.7. The van der Waals surface area contributed by atoms with Crippen molar-refractivity contribution >= 4 is 11.7 Å². The van der Waals surface area contributed by atoms with E-state index in [2.05, 4.69) is 9.88 Å². The van der Waals surface area contributed by atoms with E-state index in [1.807, 2.05) is 24.1 Å². The van der Waals surface area contributed by atoms with Gasteiger partial charge in [-0.3, -0.25) is 4.79 Å². The van der Waals surface area contributed by atoms with Crippen LogP contribution in [0.3, 0.4) is 0 Å². The summed E-state index contributed by atoms with van der Waals surface area (Å²) in [5.74, 6) is 0.948. The minimum atomic E-state index is -0.00106. The van der Waals surface area contributed by atoms with Crippen LogP contribution in [0.25, 0.3) is 0 Å². The number of hydrogen-bond acceptors (Lipinski definition) is 4. The van der Waals surface area contributed by atoms with Crippen LogP contribution >= 0.6 is 0 Å². The van der Waals surface area contributed by atoms with Crippen molar-refractivity contribution in [2.24, 2.45) is 0 Å². The van der Waals surface area contributed by atoms with Gasteiger partial charge in [-0.15, -0.1) is 0 Å². The number of likely N-dealkylation sites (N-methyl/N-ethyl adjacent to an activating group) is 1. The molecule has 0 aromatic carbocycles. The Labute approximate surface area is 111 Å². The normalized spacial score (nSPS) is 15.0. The van der Waals surface area contributed by atoms with Crippen LogP contribution in [0.2, 0.25) is 0 Å². The van der Waals surface area contributed by atoms with Crippen LogP contribution in [0.15, 0.2) is 41.3 Å². The molecule has 0 unspecified atom stereocenters. The van der Waals surface area contributed by atoms with E-state index in [0.29, 0.717) is 18.7 Å². The Morgan fingerprint density at radius 3 is 3.05 bits per heavy atom. The van der Waals surface area contributed by atoms with Crippen molar-refractivity contribution < 1.29 is 9.21 Å². The third-order valence-corrected chi connectivity index (χ3v) is 3.35. The molecule has 1 aliphatic rings. The van der Waals surface area contributed by atoms with Gasteiger partial charge in [-0.2, -0.15) is 0 Å². The van der Waals surface area contributed by atoms with E-state index in [0.717, 1.165) is 17.9 Å². The summed E-state index contributed by atoms with van der Waals surface area (Å²) in [5, 5.41) is 0. The lowest BCUT2D eigenvalue weighted by Crippen LogP contribution is -2.34. The summed E-state index contributed by atoms with van der Waals surface area (Å²) < 4.78 is 4.98. The molecule has 19 heavy (non-hydrogen) atoms. The highest BCUT2D eigenvalue weighted by Gasteiger charge is 2.23. The molecule has 0 bridgehead atoms. The van der Waals surface area contributed by atoms with Gasteiger partial charge < -0.3 is 14.2 Å². The average Bonchev–Trinajstić information content (AvgIpc) is 2.91. The molecule has 0 atom stereocenters. The number of aromatic nitrogens is 1. The Kier molecular flexibility index (Phi) is 2.95. The summed E-state index contributed by atoms with van der Waals surface area (Å²) in [5.41, 5.74) is 1.66. The molecule has 3 rings (SSSR count). The van der Waals surface area contributed by atoms with E-state index in [-0.39, 0.29) is 5.91 Å². The standard InChI is InChI=1S/C14H15N3O2/c1-16-6-7-17(14(18)12-4-8-19-10-12)9-11-3-2-5-15-13(11)16/h2-5,8,10H,6-7,9H2,1H3. The molecular formula is C14H15N3O2. The Hall–Kier alpha value is -2.30. The Morgan fingerprint density at radius 1 is 1.37 bits per heavy atom. The molecular weight excluding hydrogens is 242 g/mol. The number of nitrogens with zero attached hydrogens (tertiary/aromatic N) is 3. The number of carbonyl (C=O) groups is 1. The summed E-state index contributed by atoms with van der Waals surface area (Å²) >= 11 is 0. The molecule has 1 aliphatic heterocycles. The van der Waals surface area contributed by atoms with Gasteiger partial charge in [0.25, 0.3) is 5.91 Å². The lowest BCUT2D eigenvalue weighted by molar-refractivity contribution is 0.0751. The molecule has 0 fully saturated rings. The number of fused-ring (bicyclic) bond motifs is 1. The molecule has 1 amide bonds. The van der Waals surface area contributed by atoms with E-state index in [9.17, 15) is 4.79 Å². The van der Waals surface area contributed by atoms with Gasteiger partial charge in [0.2, 0.25) is 0 Å². The number of furan rings is 1. The van der Waals surface area contributed by atoms with E-state index in [1.54, 1.807) is 12.3 Å². The largest absolute Gasteiger partial charge is 0.472 e. The molecule has 5 heteroatoms. The van der Waals surface area contributed by atoms with Crippen LogP contribution in [0.1, 0.15) is 15.9 Å². The first kappa shape index (κ1) is 11.8. The number of rotatable bonds is 1. The van der Waals surface area contributed by atoms with Crippen LogP contribution < -0.4 is 4.90 Å². The molecule has 3 heterocycles. The van der Waals surface area contributed by atoms with Gasteiger partial charge in [-0.25, -0.2) is 4.98 Å². The maximum absolute atomic E-state index is 12.4. The van der Waals surface area contributed by atoms with Gasteiger partial charge in [0.1, 0.15) is 12.1 Å². The van der Waals surface area contributed by atoms with Gasteiger partial charge in [0.05, 0.1) is 11.8 Å². The average molecular weight is 257 g/mol. The van der Waals surface area contributed by atoms with E-state index < -0.39 is 0 Å². The number of amides is 1. The van der Waals surface area contributed by atoms with Gasteiger partial charge >= 0.3 is 0 Å². The van der Waals surface area contributed by atoms with Crippen LogP contribution in [0, 0.1) is 0 Å². The van der Waals surface area contributed by atoms with Crippen LogP contribution in [0.4, 0.5) is 5.82 Å². The van der Waals surface area contributed by atoms with Crippen molar-refractivity contribution in [3.05, 3.63) is 48.0 Å². The van der Waals surface area contributed by atoms with Crippen molar-refractivity contribution in [2.45, 2.75) is 6.54 Å². The Morgan fingerprint density at radius 2 is 2.26 bits per heavy atom. The number of pyridine rings is 1. The maximum Gasteiger partial charge on any atom is 0.257 e. The Bertz CT molecular complexity index is 580. The molecule has 0 spiro atoms. The quantitative estimate of drug-likeness (QED) is 0.781. The van der Waals surface area contributed by atoms with Crippen molar-refractivity contribution in [2.75, 3.05) is 25.0 Å². The summed E-state index contributed by atoms with van der Waals surface area (Å²) in [4.78, 5) is 20.7. The lowest BCUT2D eigenvalue weighted by atomic mass is 10.2. The van der Waals surface area contributed by atoms with Crippen molar-refractivity contribution in [1.29, 1.82) is 0 Å². The van der Waals surface area contributed by atoms with Crippen molar-refractivity contribution in [1.82, 2.24) is 9.88 Å². The second kappa shape index (κ2) is 4.76. The Balaban J connectivity index is 1.89. The maximum atomic E-state index is 12.4. The first-order valence-corrected chi connectivity index (χ1v) is 6.22. The molecule has 98 valence electrons. The number of hydrogen-bond donors (Lipinski definition) is 0. The van der Waals surface area contributed by atoms with Crippen molar-refractivity contribution in [3.63, 3.8) is 0 Å². The fourth-order valence-electron chi connectivity index (χ4n) is 2.30. The molecule has 0 radical (unpaired) electrons. The summed E-state index contributed by atoms with van der Waals surface area (Å²) in [6.45, 7) is 2.03. The fourth-order valence-corrected chi connectivity index (χ4v) is 2.30. The van der Waals surface area contributed by atoms with Gasteiger partial charge in [-0.1, -0.05) is 6.07 Å². The molecule has 0 aliphatic carbocycles. The number of anilines is 1. The lowest BCUT2D eigenvalue weighted by Gasteiger charge is -2.20. The summed E-state index contributed by atoms with van der Waals surface area (Å²) in [6, 6.07) is 5.61. The van der Waals surface area contributed by atoms with E-state index >= 15 is 0 Å². The minimum Gasteiger partial charge on any atom is -0.472 e. The second-order valence-corrected chi connectivity index (χ2v) is 4.65. The van der Waals surface area contributed by atoms with Crippen LogP contribution in [-0.4, -0.2) is 35.9 Å². The van der Waals surface area contributed by atoms with Crippen molar-refractivity contribution in [3.8, 4) is 0 Å². The molecule has 0 N–H and O–H groups in total. The highest BCUT2D eigenvalue weighted by Crippen LogP contribution is 2.22. The van der Waals surface area contributed by atoms with E-state index in [1.165, 1.54) is 12.5 Å². The van der Waals surface area contributed by atoms with Gasteiger partial charge in [0.15, 0.2) is 0 Å². The third-order valence-electron chi connectivity index (χ3n) is 3.35. The smallest absolute Gasteiger partial charge is 0.257 e. The molecule has 0 saturated heterocycles. The molecule has 5 nitrogen and oxygen atoms in total. The third kappa shape index (κ3) is 2.19. The predicted octanol–water partition coefficient (Wildman–Crippen LogP) is 1.77. The first-order valence-electron chi connectivity index (χ1n) is 6.22. The zero-order chi connectivity index (χ0) is 13.2. The first-order chi connectivity index (χ1) is 9.25. The topological polar surface area (TPSA) is 49.6 Å². The predicted molar refractivity (Wildman–Crippen MR) is 71.0 cm³/mol. The van der Waals surface area contributed by atoms with Gasteiger partial charge in [0, 0.05) is 38.4 Å². The molecule has 2 aromatic rings. The summed E-state index contributed by atoms with van der Waals surface area (Å²) in [6.07, 6.45) is 4.79. The van der Waals surface area contributed by atoms with Crippen LogP contribution in [0.5, 0.6) is 0 Å². The second-order valence-electron chi connectivity index (χ2n) is 4.65. The SMILES string of the molecule is CN1CCN(C(=O)c2ccoc2)Cc2cccnc21. The van der Waals surface area contributed by atoms with Crippen LogP contribution in [-0.2, 0) is 6.54 Å². The van der Waals surface area contributed by atoms with E-state index in [4.69, 9.17) is 4.42 Å². The minimum absolute atomic E-state index is 0.00106. The van der Waals surface area contributed by atoms with Gasteiger partial charge in [-0.05, 0) is 12.1 Å². The molecule has 2 aromatic heterocycles. The highest BCUT2D eigenvalue weighted by atomic mass is 16.3. The highest BCUT2D eigenvalue weighted by molar-refractivity contribution is 5.94. The fraction of sp³-hybridized carbons (Fsp3) is 0.286. The number of carbonyl (C=O) groups excluding carboxylic acids is 1. The monoisotopic (exact) mass is 257 g/mol. The zero-order valence-corrected chi connectivity index (χ0v) is 10.7. The molecule has 0 saturated carbocycles. The summed E-state index contributed by atoms with van der Waals surface area (Å²) in [7, 11) is 2.00.